The summed E-state index contributed by atoms with van der Waals surface area (Å²) in [6, 6.07) is 89.9. The van der Waals surface area contributed by atoms with E-state index >= 15 is 0 Å². The molecular formula is C63H42N4. The Bertz CT molecular complexity index is 3610. The normalized spacial score (nSPS) is 11.3. The van der Waals surface area contributed by atoms with E-state index in [4.69, 9.17) is 15.1 Å². The summed E-state index contributed by atoms with van der Waals surface area (Å²) < 4.78 is 2.16. The van der Waals surface area contributed by atoms with Crippen LogP contribution in [0.4, 0.5) is 0 Å². The molecule has 0 fully saturated rings. The second-order valence-electron chi connectivity index (χ2n) is 16.9. The molecule has 3 aromatic heterocycles. The molecule has 0 unspecified atom stereocenters. The highest BCUT2D eigenvalue weighted by molar-refractivity contribution is 6.09. The van der Waals surface area contributed by atoms with Crippen LogP contribution in [0.3, 0.4) is 0 Å². The fourth-order valence-electron chi connectivity index (χ4n) is 9.29. The molecule has 0 aliphatic carbocycles. The predicted molar refractivity (Wildman–Crippen MR) is 277 cm³/mol. The van der Waals surface area contributed by atoms with E-state index in [1.165, 1.54) is 0 Å². The summed E-state index contributed by atoms with van der Waals surface area (Å²) in [7, 11) is 0. The van der Waals surface area contributed by atoms with E-state index in [-0.39, 0.29) is 0 Å². The topological polar surface area (TPSA) is 43.1 Å². The van der Waals surface area contributed by atoms with Crippen LogP contribution in [0.25, 0.3) is 117 Å². The van der Waals surface area contributed by atoms with Gasteiger partial charge in [0.1, 0.15) is 5.69 Å². The molecule has 0 aliphatic rings. The number of rotatable bonds is 9. The quantitative estimate of drug-likeness (QED) is 0.145. The van der Waals surface area contributed by atoms with E-state index in [1.807, 2.05) is 6.07 Å². The molecule has 314 valence electrons. The van der Waals surface area contributed by atoms with Crippen LogP contribution in [-0.2, 0) is 0 Å². The van der Waals surface area contributed by atoms with Crippen molar-refractivity contribution in [3.8, 4) is 101 Å². The van der Waals surface area contributed by atoms with Gasteiger partial charge in [-0.05, 0) is 80.7 Å². The number of hydrogen-bond acceptors (Lipinski definition) is 3. The number of nitrogens with zero attached hydrogens (tertiary/aromatic N) is 4. The van der Waals surface area contributed by atoms with Gasteiger partial charge in [-0.25, -0.2) is 14.5 Å². The molecule has 0 atom stereocenters. The number of hydrogen-bond donors (Lipinski definition) is 0. The zero-order chi connectivity index (χ0) is 44.5. The minimum absolute atomic E-state index is 0.673. The summed E-state index contributed by atoms with van der Waals surface area (Å²) in [5.74, 6) is 0.673. The van der Waals surface area contributed by atoms with Gasteiger partial charge in [0.05, 0.1) is 22.6 Å². The maximum Gasteiger partial charge on any atom is 0.160 e. The van der Waals surface area contributed by atoms with Gasteiger partial charge in [0.25, 0.3) is 0 Å². The van der Waals surface area contributed by atoms with Crippen molar-refractivity contribution in [3.63, 3.8) is 0 Å². The maximum absolute atomic E-state index is 5.46. The molecule has 0 saturated heterocycles. The Hall–Kier alpha value is -8.99. The van der Waals surface area contributed by atoms with Gasteiger partial charge >= 0.3 is 0 Å². The Kier molecular flexibility index (Phi) is 10.2. The third-order valence-corrected chi connectivity index (χ3v) is 12.6. The smallest absolute Gasteiger partial charge is 0.160 e. The lowest BCUT2D eigenvalue weighted by atomic mass is 9.94. The summed E-state index contributed by atoms with van der Waals surface area (Å²) in [5, 5.41) is 7.72. The number of benzene rings is 9. The molecule has 0 aliphatic heterocycles. The minimum Gasteiger partial charge on any atom is -0.231 e. The van der Waals surface area contributed by atoms with Crippen LogP contribution in [-0.4, -0.2) is 19.6 Å². The molecule has 3 heterocycles. The number of fused-ring (bicyclic) bond motifs is 3. The Balaban J connectivity index is 1.03. The van der Waals surface area contributed by atoms with Crippen LogP contribution in [0.15, 0.2) is 255 Å². The van der Waals surface area contributed by atoms with E-state index in [1.54, 1.807) is 0 Å². The Morgan fingerprint density at radius 1 is 0.284 bits per heavy atom. The van der Waals surface area contributed by atoms with Crippen LogP contribution >= 0.6 is 0 Å². The molecule has 4 nitrogen and oxygen atoms in total. The molecule has 0 radical (unpaired) electrons. The Morgan fingerprint density at radius 3 is 1.25 bits per heavy atom. The van der Waals surface area contributed by atoms with Gasteiger partial charge in [-0.1, -0.05) is 218 Å². The van der Waals surface area contributed by atoms with Gasteiger partial charge in [-0.3, -0.25) is 0 Å². The van der Waals surface area contributed by atoms with Gasteiger partial charge in [0.2, 0.25) is 0 Å². The second-order valence-corrected chi connectivity index (χ2v) is 16.9. The number of aromatic nitrogens is 4. The summed E-state index contributed by atoms with van der Waals surface area (Å²) >= 11 is 0. The highest BCUT2D eigenvalue weighted by atomic mass is 15.2. The van der Waals surface area contributed by atoms with Crippen molar-refractivity contribution in [3.05, 3.63) is 255 Å². The Morgan fingerprint density at radius 2 is 0.701 bits per heavy atom. The molecule has 0 bridgehead atoms. The van der Waals surface area contributed by atoms with Gasteiger partial charge in [0.15, 0.2) is 5.82 Å². The number of pyridine rings is 1. The molecule has 0 N–H and O–H groups in total. The molecule has 9 aromatic carbocycles. The molecule has 12 aromatic rings. The third kappa shape index (κ3) is 7.67. The summed E-state index contributed by atoms with van der Waals surface area (Å²) in [6.45, 7) is 0. The first-order chi connectivity index (χ1) is 33.2. The van der Waals surface area contributed by atoms with Crippen molar-refractivity contribution < 1.29 is 0 Å². The average molecular weight is 855 g/mol. The van der Waals surface area contributed by atoms with E-state index in [2.05, 4.69) is 253 Å². The summed E-state index contributed by atoms with van der Waals surface area (Å²) in [5.41, 5.74) is 18.9. The van der Waals surface area contributed by atoms with Gasteiger partial charge < -0.3 is 0 Å². The van der Waals surface area contributed by atoms with Crippen LogP contribution in [0.2, 0.25) is 0 Å². The largest absolute Gasteiger partial charge is 0.231 e. The SMILES string of the molecule is c1ccc(-c2cccc(-c3cc(-c4cccc(-c5ccc6cc(-c7ccccc7)n7nc(-c8ccccc8)c(-c8ccccc8)c7c6c5)c4)nc(-c4cccc(-c5ccccc5)c4)n3)c2)cc1. The lowest BCUT2D eigenvalue weighted by Gasteiger charge is -2.13. The highest BCUT2D eigenvalue weighted by Crippen LogP contribution is 2.42. The first kappa shape index (κ1) is 39.6. The van der Waals surface area contributed by atoms with Crippen molar-refractivity contribution >= 4 is 16.3 Å². The molecule has 67 heavy (non-hydrogen) atoms. The van der Waals surface area contributed by atoms with Crippen molar-refractivity contribution in [2.45, 2.75) is 0 Å². The molecular weight excluding hydrogens is 813 g/mol. The molecule has 0 spiro atoms. The first-order valence-corrected chi connectivity index (χ1v) is 22.7. The van der Waals surface area contributed by atoms with Crippen molar-refractivity contribution in [1.82, 2.24) is 19.6 Å². The average Bonchev–Trinajstić information content (AvgIpc) is 3.83. The monoisotopic (exact) mass is 854 g/mol. The van der Waals surface area contributed by atoms with Crippen LogP contribution < -0.4 is 0 Å². The van der Waals surface area contributed by atoms with Crippen LogP contribution in [0.5, 0.6) is 0 Å². The van der Waals surface area contributed by atoms with Crippen LogP contribution in [0.1, 0.15) is 0 Å². The van der Waals surface area contributed by atoms with E-state index in [0.717, 1.165) is 111 Å². The van der Waals surface area contributed by atoms with Gasteiger partial charge in [0, 0.05) is 38.8 Å². The van der Waals surface area contributed by atoms with E-state index < -0.39 is 0 Å². The fourth-order valence-corrected chi connectivity index (χ4v) is 9.29. The van der Waals surface area contributed by atoms with Gasteiger partial charge in [-0.2, -0.15) is 5.10 Å². The highest BCUT2D eigenvalue weighted by Gasteiger charge is 2.22. The lowest BCUT2D eigenvalue weighted by molar-refractivity contribution is 0.979. The molecule has 0 saturated carbocycles. The summed E-state index contributed by atoms with van der Waals surface area (Å²) in [6.07, 6.45) is 0. The zero-order valence-corrected chi connectivity index (χ0v) is 36.5. The molecule has 0 amide bonds. The van der Waals surface area contributed by atoms with Gasteiger partial charge in [-0.15, -0.1) is 0 Å². The summed E-state index contributed by atoms with van der Waals surface area (Å²) in [4.78, 5) is 10.6. The van der Waals surface area contributed by atoms with Crippen molar-refractivity contribution in [2.75, 3.05) is 0 Å². The molecule has 12 rings (SSSR count). The van der Waals surface area contributed by atoms with E-state index in [0.29, 0.717) is 5.82 Å². The minimum atomic E-state index is 0.673. The third-order valence-electron chi connectivity index (χ3n) is 12.6. The molecule has 4 heteroatoms. The van der Waals surface area contributed by atoms with Crippen LogP contribution in [0, 0.1) is 0 Å². The Labute approximate surface area is 389 Å². The van der Waals surface area contributed by atoms with Crippen molar-refractivity contribution in [2.24, 2.45) is 0 Å². The second kappa shape index (κ2) is 17.2. The zero-order valence-electron chi connectivity index (χ0n) is 36.5. The fraction of sp³-hybridized carbons (Fsp3) is 0. The lowest BCUT2D eigenvalue weighted by Crippen LogP contribution is -1.97. The predicted octanol–water partition coefficient (Wildman–Crippen LogP) is 16.3. The standard InChI is InChI=1S/C63H42N4/c1-6-19-43(20-7-1)48-29-16-32-53(37-48)57-42-58(65-63(64-57)55-34-18-30-49(39-55)44-21-8-2-9-22-44)54-33-17-31-50(38-54)51-35-36-52-41-59(45-23-10-3-11-24-45)67-62(56(52)40-51)60(46-25-12-4-13-26-46)61(66-67)47-27-14-5-15-28-47/h1-42H. The first-order valence-electron chi connectivity index (χ1n) is 22.7. The van der Waals surface area contributed by atoms with Crippen molar-refractivity contribution in [1.29, 1.82) is 0 Å². The van der Waals surface area contributed by atoms with E-state index in [9.17, 15) is 0 Å². The maximum atomic E-state index is 5.46.